The summed E-state index contributed by atoms with van der Waals surface area (Å²) in [5, 5.41) is 4.04. The zero-order valence-electron chi connectivity index (χ0n) is 11.2. The number of benzene rings is 1. The molecule has 2 rings (SSSR count). The Morgan fingerprint density at radius 1 is 1.35 bits per heavy atom. The molecule has 2 aromatic rings. The van der Waals surface area contributed by atoms with Crippen molar-refractivity contribution in [3.05, 3.63) is 47.3 Å². The Kier molecular flexibility index (Phi) is 4.12. The number of nitrogens with zero attached hydrogens (tertiary/aromatic N) is 2. The van der Waals surface area contributed by atoms with Crippen LogP contribution in [0.1, 0.15) is 23.0 Å². The molecular formula is C14H14F2N2O2. The molecule has 0 bridgehead atoms. The van der Waals surface area contributed by atoms with Gasteiger partial charge in [0.2, 0.25) is 0 Å². The smallest absolute Gasteiger partial charge is 0.189 e. The summed E-state index contributed by atoms with van der Waals surface area (Å²) in [5.74, 6) is -1.78. The van der Waals surface area contributed by atoms with Crippen LogP contribution in [0, 0.1) is 11.6 Å². The summed E-state index contributed by atoms with van der Waals surface area (Å²) in [5.41, 5.74) is 0.736. The normalized spacial score (nSPS) is 10.6. The lowest BCUT2D eigenvalue weighted by Gasteiger charge is -2.07. The third-order valence-electron chi connectivity index (χ3n) is 2.94. The molecule has 1 heterocycles. The van der Waals surface area contributed by atoms with Crippen molar-refractivity contribution < 1.29 is 18.3 Å². The van der Waals surface area contributed by atoms with E-state index < -0.39 is 11.6 Å². The summed E-state index contributed by atoms with van der Waals surface area (Å²) in [6.45, 7) is 2.36. The largest absolute Gasteiger partial charge is 0.493 e. The molecule has 106 valence electrons. The molecular weight excluding hydrogens is 266 g/mol. The van der Waals surface area contributed by atoms with Crippen molar-refractivity contribution in [2.75, 3.05) is 7.11 Å². The average molecular weight is 280 g/mol. The molecule has 0 saturated carbocycles. The molecule has 0 atom stereocenters. The summed E-state index contributed by atoms with van der Waals surface area (Å²) in [4.78, 5) is 12.3. The fourth-order valence-corrected chi connectivity index (χ4v) is 1.96. The summed E-state index contributed by atoms with van der Waals surface area (Å²) < 4.78 is 32.6. The maximum atomic E-state index is 13.1. The third-order valence-corrected chi connectivity index (χ3v) is 2.94. The molecule has 0 unspecified atom stereocenters. The molecule has 0 saturated heterocycles. The number of hydrogen-bond acceptors (Lipinski definition) is 3. The molecule has 1 aromatic carbocycles. The molecule has 20 heavy (non-hydrogen) atoms. The second-order valence-corrected chi connectivity index (χ2v) is 4.23. The van der Waals surface area contributed by atoms with E-state index in [1.54, 1.807) is 0 Å². The Bertz CT molecular complexity index is 617. The van der Waals surface area contributed by atoms with Gasteiger partial charge < -0.3 is 4.74 Å². The monoisotopic (exact) mass is 280 g/mol. The Morgan fingerprint density at radius 2 is 2.10 bits per heavy atom. The van der Waals surface area contributed by atoms with Crippen LogP contribution in [-0.2, 0) is 13.0 Å². The molecule has 0 radical (unpaired) electrons. The number of ether oxygens (including phenoxy) is 1. The number of aryl methyl sites for hydroxylation is 1. The highest BCUT2D eigenvalue weighted by atomic mass is 19.2. The van der Waals surface area contributed by atoms with E-state index in [-0.39, 0.29) is 12.2 Å². The predicted molar refractivity (Wildman–Crippen MR) is 68.8 cm³/mol. The Labute approximate surface area is 115 Å². The number of carbonyl (C=O) groups is 1. The number of ketones is 1. The van der Waals surface area contributed by atoms with Gasteiger partial charge in [0, 0.05) is 13.0 Å². The molecule has 0 aliphatic carbocycles. The Balaban J connectivity index is 2.27. The minimum absolute atomic E-state index is 0.0424. The predicted octanol–water partition coefficient (Wildman–Crippen LogP) is 2.62. The van der Waals surface area contributed by atoms with Gasteiger partial charge in [0.25, 0.3) is 0 Å². The highest BCUT2D eigenvalue weighted by Crippen LogP contribution is 2.20. The van der Waals surface area contributed by atoms with Gasteiger partial charge in [-0.05, 0) is 24.6 Å². The molecule has 0 fully saturated rings. The molecule has 0 amide bonds. The van der Waals surface area contributed by atoms with E-state index in [4.69, 9.17) is 4.74 Å². The number of carbonyl (C=O) groups excluding carboxylic acids is 1. The van der Waals surface area contributed by atoms with E-state index in [9.17, 15) is 13.6 Å². The quantitative estimate of drug-likeness (QED) is 0.791. The van der Waals surface area contributed by atoms with E-state index in [1.807, 2.05) is 6.92 Å². The fourth-order valence-electron chi connectivity index (χ4n) is 1.96. The number of halogens is 2. The molecule has 0 aliphatic heterocycles. The second-order valence-electron chi connectivity index (χ2n) is 4.23. The van der Waals surface area contributed by atoms with Crippen LogP contribution in [0.4, 0.5) is 8.78 Å². The van der Waals surface area contributed by atoms with Gasteiger partial charge in [-0.25, -0.2) is 8.78 Å². The maximum Gasteiger partial charge on any atom is 0.189 e. The van der Waals surface area contributed by atoms with Gasteiger partial charge in [-0.1, -0.05) is 6.07 Å². The average Bonchev–Trinajstić information content (AvgIpc) is 2.86. The number of aromatic nitrogens is 2. The van der Waals surface area contributed by atoms with Gasteiger partial charge in [-0.15, -0.1) is 0 Å². The number of rotatable bonds is 5. The van der Waals surface area contributed by atoms with Crippen LogP contribution in [0.5, 0.6) is 5.75 Å². The van der Waals surface area contributed by atoms with E-state index in [0.29, 0.717) is 23.6 Å². The van der Waals surface area contributed by atoms with E-state index in [1.165, 1.54) is 24.1 Å². The minimum Gasteiger partial charge on any atom is -0.493 e. The van der Waals surface area contributed by atoms with Crippen LogP contribution in [0.3, 0.4) is 0 Å². The lowest BCUT2D eigenvalue weighted by atomic mass is 10.1. The lowest BCUT2D eigenvalue weighted by Crippen LogP contribution is -2.13. The highest BCUT2D eigenvalue weighted by molar-refractivity contribution is 5.98. The number of Topliss-reactive ketones (excluding diaryl/α,β-unsaturated/α-hetero) is 1. The zero-order valence-corrected chi connectivity index (χ0v) is 11.2. The van der Waals surface area contributed by atoms with Crippen molar-refractivity contribution >= 4 is 5.78 Å². The second kappa shape index (κ2) is 5.81. The van der Waals surface area contributed by atoms with Crippen molar-refractivity contribution in [2.45, 2.75) is 19.9 Å². The Morgan fingerprint density at radius 3 is 2.70 bits per heavy atom. The van der Waals surface area contributed by atoms with Crippen LogP contribution in [0.15, 0.2) is 24.4 Å². The minimum atomic E-state index is -0.966. The van der Waals surface area contributed by atoms with E-state index in [0.717, 1.165) is 12.1 Å². The number of methoxy groups -OCH3 is 1. The van der Waals surface area contributed by atoms with E-state index in [2.05, 4.69) is 5.10 Å². The first-order valence-electron chi connectivity index (χ1n) is 6.13. The first-order valence-corrected chi connectivity index (χ1v) is 6.13. The molecule has 0 aliphatic rings. The molecule has 6 heteroatoms. The molecule has 4 nitrogen and oxygen atoms in total. The van der Waals surface area contributed by atoms with Crippen molar-refractivity contribution in [1.82, 2.24) is 9.78 Å². The van der Waals surface area contributed by atoms with Crippen molar-refractivity contribution in [1.29, 1.82) is 0 Å². The van der Waals surface area contributed by atoms with Crippen molar-refractivity contribution in [3.63, 3.8) is 0 Å². The first kappa shape index (κ1) is 14.2. The maximum absolute atomic E-state index is 13.1. The van der Waals surface area contributed by atoms with Crippen LogP contribution in [0.2, 0.25) is 0 Å². The van der Waals surface area contributed by atoms with E-state index >= 15 is 0 Å². The highest BCUT2D eigenvalue weighted by Gasteiger charge is 2.19. The first-order chi connectivity index (χ1) is 9.56. The van der Waals surface area contributed by atoms with Gasteiger partial charge in [0.1, 0.15) is 5.69 Å². The Hall–Kier alpha value is -2.24. The third kappa shape index (κ3) is 2.68. The van der Waals surface area contributed by atoms with Crippen LogP contribution < -0.4 is 4.74 Å². The molecule has 0 spiro atoms. The summed E-state index contributed by atoms with van der Waals surface area (Å²) in [6.07, 6.45) is 1.42. The van der Waals surface area contributed by atoms with Crippen molar-refractivity contribution in [2.24, 2.45) is 0 Å². The summed E-state index contributed by atoms with van der Waals surface area (Å²) >= 11 is 0. The molecule has 1 aromatic heterocycles. The van der Waals surface area contributed by atoms with Gasteiger partial charge >= 0.3 is 0 Å². The van der Waals surface area contributed by atoms with Gasteiger partial charge in [-0.2, -0.15) is 5.10 Å². The number of hydrogen-bond donors (Lipinski definition) is 0. The van der Waals surface area contributed by atoms with Crippen LogP contribution in [0.25, 0.3) is 0 Å². The zero-order chi connectivity index (χ0) is 14.7. The summed E-state index contributed by atoms with van der Waals surface area (Å²) in [7, 11) is 1.45. The topological polar surface area (TPSA) is 44.1 Å². The lowest BCUT2D eigenvalue weighted by molar-refractivity contribution is 0.0979. The van der Waals surface area contributed by atoms with Crippen LogP contribution >= 0.6 is 0 Å². The summed E-state index contributed by atoms with van der Waals surface area (Å²) in [6, 6.07) is 3.41. The van der Waals surface area contributed by atoms with Crippen molar-refractivity contribution in [3.8, 4) is 5.75 Å². The van der Waals surface area contributed by atoms with Gasteiger partial charge in [0.05, 0.1) is 13.3 Å². The standard InChI is InChI=1S/C14H14F2N2O2/c1-3-18-14(13(20-2)8-17-18)12(19)7-9-4-5-10(15)11(16)6-9/h4-6,8H,3,7H2,1-2H3. The van der Waals surface area contributed by atoms with Gasteiger partial charge in [-0.3, -0.25) is 9.48 Å². The van der Waals surface area contributed by atoms with Gasteiger partial charge in [0.15, 0.2) is 23.2 Å². The molecule has 0 N–H and O–H groups in total. The SMILES string of the molecule is CCn1ncc(OC)c1C(=O)Cc1ccc(F)c(F)c1. The van der Waals surface area contributed by atoms with Crippen LogP contribution in [-0.4, -0.2) is 22.7 Å². The fraction of sp³-hybridized carbons (Fsp3) is 0.286.